The molecule has 0 fully saturated rings. The van der Waals surface area contributed by atoms with E-state index in [1.165, 1.54) is 0 Å². The topological polar surface area (TPSA) is 57.2 Å². The van der Waals surface area contributed by atoms with Gasteiger partial charge in [-0.25, -0.2) is 0 Å². The molecule has 1 heterocycles. The lowest BCUT2D eigenvalue weighted by molar-refractivity contribution is -0.437. The number of hydrogen-bond acceptors (Lipinski definition) is 3. The third-order valence-electron chi connectivity index (χ3n) is 1.47. The van der Waals surface area contributed by atoms with E-state index in [2.05, 4.69) is 15.5 Å². The molecule has 1 aliphatic heterocycles. The second-order valence-corrected chi connectivity index (χ2v) is 2.24. The van der Waals surface area contributed by atoms with Crippen molar-refractivity contribution in [1.82, 2.24) is 0 Å². The van der Waals surface area contributed by atoms with Crippen LogP contribution in [0.4, 0.5) is 0 Å². The van der Waals surface area contributed by atoms with E-state index in [-0.39, 0.29) is 5.84 Å². The van der Waals surface area contributed by atoms with E-state index in [1.54, 1.807) is 12.1 Å². The zero-order valence-electron chi connectivity index (χ0n) is 6.08. The average molecular weight is 161 g/mol. The number of nitroso groups, excluding NO2 is 1. The number of nitrogens with zero attached hydrogens (tertiary/aromatic N) is 4. The lowest BCUT2D eigenvalue weighted by Crippen LogP contribution is -2.09. The number of benzene rings is 1. The quantitative estimate of drug-likeness (QED) is 0.576. The molecule has 12 heavy (non-hydrogen) atoms. The maximum absolute atomic E-state index is 10.9. The van der Waals surface area contributed by atoms with E-state index in [0.29, 0.717) is 4.87 Å². The molecule has 0 amide bonds. The van der Waals surface area contributed by atoms with Gasteiger partial charge >= 0.3 is 5.84 Å². The molecule has 2 rings (SSSR count). The van der Waals surface area contributed by atoms with Crippen molar-refractivity contribution in [1.29, 1.82) is 0 Å². The molecule has 1 aromatic rings. The summed E-state index contributed by atoms with van der Waals surface area (Å²) in [6.07, 6.45) is 0. The van der Waals surface area contributed by atoms with Crippen LogP contribution in [0.3, 0.4) is 0 Å². The van der Waals surface area contributed by atoms with Crippen molar-refractivity contribution in [3.63, 3.8) is 0 Å². The molecule has 1 aromatic carbocycles. The van der Waals surface area contributed by atoms with E-state index >= 15 is 0 Å². The van der Waals surface area contributed by atoms with Gasteiger partial charge in [0.1, 0.15) is 9.97 Å². The highest BCUT2D eigenvalue weighted by Crippen LogP contribution is 2.07. The second kappa shape index (κ2) is 2.61. The minimum absolute atomic E-state index is 0.232. The van der Waals surface area contributed by atoms with E-state index in [0.717, 1.165) is 5.56 Å². The van der Waals surface area contributed by atoms with Crippen LogP contribution in [0.2, 0.25) is 0 Å². The highest BCUT2D eigenvalue weighted by atomic mass is 16.3. The Labute approximate surface area is 68.0 Å². The van der Waals surface area contributed by atoms with Crippen molar-refractivity contribution in [2.75, 3.05) is 0 Å². The predicted molar refractivity (Wildman–Crippen MR) is 41.5 cm³/mol. The molecule has 0 N–H and O–H groups in total. The van der Waals surface area contributed by atoms with Crippen LogP contribution in [-0.4, -0.2) is 10.7 Å². The molecule has 0 bridgehead atoms. The van der Waals surface area contributed by atoms with Crippen molar-refractivity contribution in [2.45, 2.75) is 0 Å². The third kappa shape index (κ3) is 1.01. The van der Waals surface area contributed by atoms with Crippen LogP contribution in [0.25, 0.3) is 0 Å². The molecule has 0 saturated carbocycles. The Balaban J connectivity index is 2.40. The van der Waals surface area contributed by atoms with Crippen LogP contribution in [0.5, 0.6) is 0 Å². The Morgan fingerprint density at radius 2 is 1.92 bits per heavy atom. The monoisotopic (exact) mass is 161 g/mol. The lowest BCUT2D eigenvalue weighted by Gasteiger charge is -1.88. The molecule has 5 heteroatoms. The standard InChI is InChI=1S/C7H5N4O/c12-11-7(8-9-10-11)6-4-2-1-3-5-6/h1-5H/q+1. The molecular formula is C7H5N4O+. The van der Waals surface area contributed by atoms with Gasteiger partial charge < -0.3 is 0 Å². The first-order valence-electron chi connectivity index (χ1n) is 3.39. The first-order chi connectivity index (χ1) is 5.88. The summed E-state index contributed by atoms with van der Waals surface area (Å²) in [5.41, 5.74) is 0.720. The molecule has 0 atom stereocenters. The van der Waals surface area contributed by atoms with Gasteiger partial charge in [-0.05, 0) is 12.1 Å². The third-order valence-corrected chi connectivity index (χ3v) is 1.47. The summed E-state index contributed by atoms with van der Waals surface area (Å²) < 4.78 is 0. The summed E-state index contributed by atoms with van der Waals surface area (Å²) in [6.45, 7) is 0. The minimum Gasteiger partial charge on any atom is -0.0656 e. The van der Waals surface area contributed by atoms with Gasteiger partial charge in [-0.3, -0.25) is 0 Å². The van der Waals surface area contributed by atoms with Crippen molar-refractivity contribution in [2.24, 2.45) is 15.5 Å². The number of hydrogen-bond donors (Lipinski definition) is 0. The molecule has 0 radical (unpaired) electrons. The Hall–Kier alpha value is -1.91. The zero-order chi connectivity index (χ0) is 8.39. The summed E-state index contributed by atoms with van der Waals surface area (Å²) >= 11 is 0. The zero-order valence-corrected chi connectivity index (χ0v) is 6.08. The molecule has 1 aliphatic rings. The van der Waals surface area contributed by atoms with Gasteiger partial charge in [-0.1, -0.05) is 23.1 Å². The largest absolute Gasteiger partial charge is 0.380 e. The van der Waals surface area contributed by atoms with Gasteiger partial charge in [-0.2, -0.15) is 0 Å². The fraction of sp³-hybridized carbons (Fsp3) is 0. The first-order valence-corrected chi connectivity index (χ1v) is 3.39. The van der Waals surface area contributed by atoms with Gasteiger partial charge in [0.25, 0.3) is 0 Å². The van der Waals surface area contributed by atoms with Crippen molar-refractivity contribution < 1.29 is 4.87 Å². The van der Waals surface area contributed by atoms with Crippen molar-refractivity contribution >= 4 is 5.84 Å². The van der Waals surface area contributed by atoms with E-state index < -0.39 is 0 Å². The molecule has 0 unspecified atom stereocenters. The summed E-state index contributed by atoms with van der Waals surface area (Å²) in [7, 11) is 0. The van der Waals surface area contributed by atoms with Gasteiger partial charge in [0.05, 0.1) is 5.56 Å². The van der Waals surface area contributed by atoms with Crippen LogP contribution in [0.15, 0.2) is 45.9 Å². The van der Waals surface area contributed by atoms with E-state index in [1.807, 2.05) is 18.2 Å². The lowest BCUT2D eigenvalue weighted by atomic mass is 10.2. The van der Waals surface area contributed by atoms with Crippen LogP contribution >= 0.6 is 0 Å². The van der Waals surface area contributed by atoms with Gasteiger partial charge in [0.15, 0.2) is 5.22 Å². The van der Waals surface area contributed by atoms with Gasteiger partial charge in [0.2, 0.25) is 5.22 Å². The molecular weight excluding hydrogens is 156 g/mol. The first kappa shape index (κ1) is 6.78. The van der Waals surface area contributed by atoms with Crippen LogP contribution in [0, 0.1) is 4.91 Å². The number of rotatable bonds is 1. The van der Waals surface area contributed by atoms with Crippen LogP contribution < -0.4 is 0 Å². The summed E-state index contributed by atoms with van der Waals surface area (Å²) in [4.78, 5) is 11.3. The Bertz CT molecular complexity index is 368. The summed E-state index contributed by atoms with van der Waals surface area (Å²) in [5, 5.41) is 10.0. The normalized spacial score (nSPS) is 15.0. The molecule has 5 nitrogen and oxygen atoms in total. The van der Waals surface area contributed by atoms with Crippen LogP contribution in [-0.2, 0) is 0 Å². The SMILES string of the molecule is O=[N+]1N=NN=C1c1ccccc1. The fourth-order valence-electron chi connectivity index (χ4n) is 0.935. The van der Waals surface area contributed by atoms with Crippen molar-refractivity contribution in [3.05, 3.63) is 40.8 Å². The van der Waals surface area contributed by atoms with Crippen LogP contribution in [0.1, 0.15) is 5.56 Å². The Morgan fingerprint density at radius 1 is 1.17 bits per heavy atom. The Kier molecular flexibility index (Phi) is 1.48. The van der Waals surface area contributed by atoms with E-state index in [9.17, 15) is 4.91 Å². The second-order valence-electron chi connectivity index (χ2n) is 2.24. The highest BCUT2D eigenvalue weighted by molar-refractivity contribution is 5.92. The maximum atomic E-state index is 10.9. The van der Waals surface area contributed by atoms with Gasteiger partial charge in [0, 0.05) is 0 Å². The molecule has 58 valence electrons. The maximum Gasteiger partial charge on any atom is 0.380 e. The molecule has 0 saturated heterocycles. The smallest absolute Gasteiger partial charge is 0.0656 e. The summed E-state index contributed by atoms with van der Waals surface area (Å²) in [5.74, 6) is 0.232. The van der Waals surface area contributed by atoms with Crippen molar-refractivity contribution in [3.8, 4) is 0 Å². The average Bonchev–Trinajstić information content (AvgIpc) is 2.53. The summed E-state index contributed by atoms with van der Waals surface area (Å²) in [6, 6.07) is 9.07. The molecule has 0 spiro atoms. The van der Waals surface area contributed by atoms with Gasteiger partial charge in [-0.15, -0.1) is 0 Å². The Morgan fingerprint density at radius 3 is 2.50 bits per heavy atom. The highest BCUT2D eigenvalue weighted by Gasteiger charge is 2.25. The molecule has 0 aromatic heterocycles. The number of amidine groups is 1. The minimum atomic E-state index is 0.232. The predicted octanol–water partition coefficient (Wildman–Crippen LogP) is 1.51. The fourth-order valence-corrected chi connectivity index (χ4v) is 0.935. The van der Waals surface area contributed by atoms with E-state index in [4.69, 9.17) is 0 Å². The molecule has 0 aliphatic carbocycles.